The van der Waals surface area contributed by atoms with E-state index < -0.39 is 0 Å². The Balaban J connectivity index is 2.61. The third-order valence-electron chi connectivity index (χ3n) is 3.67. The lowest BCUT2D eigenvalue weighted by Crippen LogP contribution is -2.21. The monoisotopic (exact) mass is 270 g/mol. The smallest absolute Gasteiger partial charge is 0.0568 e. The summed E-state index contributed by atoms with van der Waals surface area (Å²) in [4.78, 5) is 0. The molecule has 0 atom stereocenters. The molecule has 1 aromatic heterocycles. The van der Waals surface area contributed by atoms with Gasteiger partial charge in [0.25, 0.3) is 0 Å². The maximum atomic E-state index is 4.27. The average molecular weight is 270 g/mol. The second-order valence-corrected chi connectivity index (χ2v) is 7.66. The molecule has 0 aliphatic carbocycles. The Labute approximate surface area is 122 Å². The molecule has 2 heteroatoms. The van der Waals surface area contributed by atoms with Crippen molar-refractivity contribution in [1.29, 1.82) is 0 Å². The molecule has 0 N–H and O–H groups in total. The first-order valence-corrected chi connectivity index (χ1v) is 7.23. The minimum absolute atomic E-state index is 0.140. The van der Waals surface area contributed by atoms with E-state index in [0.29, 0.717) is 0 Å². The molecule has 0 aliphatic rings. The van der Waals surface area contributed by atoms with E-state index in [1.54, 1.807) is 0 Å². The van der Waals surface area contributed by atoms with E-state index in [9.17, 15) is 0 Å². The third kappa shape index (κ3) is 2.95. The third-order valence-corrected chi connectivity index (χ3v) is 3.67. The van der Waals surface area contributed by atoms with Crippen LogP contribution in [-0.4, -0.2) is 9.78 Å². The van der Waals surface area contributed by atoms with Crippen molar-refractivity contribution in [3.8, 4) is 11.1 Å². The van der Waals surface area contributed by atoms with Crippen LogP contribution in [0.4, 0.5) is 0 Å². The molecule has 0 unspecified atom stereocenters. The van der Waals surface area contributed by atoms with Gasteiger partial charge in [-0.1, -0.05) is 59.7 Å². The molecule has 0 saturated carbocycles. The van der Waals surface area contributed by atoms with E-state index >= 15 is 0 Å². The predicted octanol–water partition coefficient (Wildman–Crippen LogP) is 4.68. The summed E-state index contributed by atoms with van der Waals surface area (Å²) >= 11 is 0. The second-order valence-electron chi connectivity index (χ2n) is 7.66. The number of hydrogen-bond donors (Lipinski definition) is 0. The maximum Gasteiger partial charge on any atom is 0.0568 e. The topological polar surface area (TPSA) is 17.8 Å². The molecule has 2 nitrogen and oxygen atoms in total. The number of rotatable bonds is 1. The van der Waals surface area contributed by atoms with Gasteiger partial charge in [-0.3, -0.25) is 4.68 Å². The van der Waals surface area contributed by atoms with Crippen LogP contribution < -0.4 is 0 Å². The van der Waals surface area contributed by atoms with Crippen LogP contribution >= 0.6 is 0 Å². The molecule has 1 aromatic carbocycles. The van der Waals surface area contributed by atoms with Crippen molar-refractivity contribution >= 4 is 0 Å². The minimum atomic E-state index is 0.140. The van der Waals surface area contributed by atoms with Crippen LogP contribution in [0.1, 0.15) is 52.7 Å². The summed E-state index contributed by atoms with van der Waals surface area (Å²) in [6, 6.07) is 6.83. The standard InChI is InChI=1S/C18H26N2/c1-17(2,3)15-9-8-13(10-16(15)18(4,5)6)14-11-19-20(7)12-14/h8-12H,1-7H3. The first-order valence-electron chi connectivity index (χ1n) is 7.23. The molecule has 1 heterocycles. The Morgan fingerprint density at radius 1 is 0.850 bits per heavy atom. The first-order chi connectivity index (χ1) is 9.09. The Morgan fingerprint density at radius 2 is 1.45 bits per heavy atom. The van der Waals surface area contributed by atoms with Crippen molar-refractivity contribution in [3.63, 3.8) is 0 Å². The number of aryl methyl sites for hydroxylation is 1. The van der Waals surface area contributed by atoms with E-state index in [1.807, 2.05) is 17.9 Å². The van der Waals surface area contributed by atoms with Gasteiger partial charge in [0.15, 0.2) is 0 Å². The molecule has 0 fully saturated rings. The molecule has 0 spiro atoms. The van der Waals surface area contributed by atoms with Gasteiger partial charge in [0.2, 0.25) is 0 Å². The van der Waals surface area contributed by atoms with Gasteiger partial charge in [-0.25, -0.2) is 0 Å². The van der Waals surface area contributed by atoms with E-state index in [-0.39, 0.29) is 10.8 Å². The molecule has 0 bridgehead atoms. The van der Waals surface area contributed by atoms with Gasteiger partial charge in [0.1, 0.15) is 0 Å². The van der Waals surface area contributed by atoms with E-state index in [4.69, 9.17) is 0 Å². The van der Waals surface area contributed by atoms with E-state index in [1.165, 1.54) is 22.3 Å². The number of benzene rings is 1. The van der Waals surface area contributed by atoms with Crippen molar-refractivity contribution < 1.29 is 0 Å². The van der Waals surface area contributed by atoms with Crippen LogP contribution in [-0.2, 0) is 17.9 Å². The summed E-state index contributed by atoms with van der Waals surface area (Å²) in [5, 5.41) is 4.27. The normalized spacial score (nSPS) is 12.8. The number of hydrogen-bond acceptors (Lipinski definition) is 1. The largest absolute Gasteiger partial charge is 0.275 e. The Kier molecular flexibility index (Phi) is 3.53. The van der Waals surface area contributed by atoms with Crippen LogP contribution in [0.5, 0.6) is 0 Å². The zero-order valence-electron chi connectivity index (χ0n) is 13.8. The van der Waals surface area contributed by atoms with Gasteiger partial charge in [0.05, 0.1) is 6.20 Å². The minimum Gasteiger partial charge on any atom is -0.275 e. The van der Waals surface area contributed by atoms with Gasteiger partial charge in [-0.05, 0) is 27.5 Å². The van der Waals surface area contributed by atoms with E-state index in [2.05, 4.69) is 71.0 Å². The van der Waals surface area contributed by atoms with Gasteiger partial charge in [-0.15, -0.1) is 0 Å². The lowest BCUT2D eigenvalue weighted by Gasteiger charge is -2.30. The summed E-state index contributed by atoms with van der Waals surface area (Å²) in [5.74, 6) is 0. The summed E-state index contributed by atoms with van der Waals surface area (Å²) < 4.78 is 1.85. The molecular formula is C18H26N2. The molecule has 0 amide bonds. The maximum absolute atomic E-state index is 4.27. The van der Waals surface area contributed by atoms with Crippen molar-refractivity contribution in [3.05, 3.63) is 41.7 Å². The van der Waals surface area contributed by atoms with Crippen LogP contribution in [0.2, 0.25) is 0 Å². The Bertz CT molecular complexity index is 607. The van der Waals surface area contributed by atoms with Gasteiger partial charge < -0.3 is 0 Å². The molecule has 0 radical (unpaired) electrons. The van der Waals surface area contributed by atoms with Crippen LogP contribution in [0.15, 0.2) is 30.6 Å². The van der Waals surface area contributed by atoms with E-state index in [0.717, 1.165) is 0 Å². The average Bonchev–Trinajstić information content (AvgIpc) is 2.73. The Morgan fingerprint density at radius 3 is 1.90 bits per heavy atom. The van der Waals surface area contributed by atoms with Crippen molar-refractivity contribution in [1.82, 2.24) is 9.78 Å². The SMILES string of the molecule is Cn1cc(-c2ccc(C(C)(C)C)c(C(C)(C)C)c2)cn1. The lowest BCUT2D eigenvalue weighted by atomic mass is 9.74. The molecule has 20 heavy (non-hydrogen) atoms. The molecule has 2 rings (SSSR count). The summed E-state index contributed by atoms with van der Waals surface area (Å²) in [6.07, 6.45) is 4.00. The highest BCUT2D eigenvalue weighted by atomic mass is 15.2. The van der Waals surface area contributed by atoms with Gasteiger partial charge in [0, 0.05) is 18.8 Å². The van der Waals surface area contributed by atoms with Crippen molar-refractivity contribution in [2.75, 3.05) is 0 Å². The highest BCUT2D eigenvalue weighted by Gasteiger charge is 2.25. The first kappa shape index (κ1) is 14.8. The Hall–Kier alpha value is -1.57. The summed E-state index contributed by atoms with van der Waals surface area (Å²) in [7, 11) is 1.96. The highest BCUT2D eigenvalue weighted by molar-refractivity contribution is 5.64. The van der Waals surface area contributed by atoms with Crippen molar-refractivity contribution in [2.24, 2.45) is 7.05 Å². The number of aromatic nitrogens is 2. The van der Waals surface area contributed by atoms with Crippen LogP contribution in [0, 0.1) is 0 Å². The predicted molar refractivity (Wildman–Crippen MR) is 86.0 cm³/mol. The van der Waals surface area contributed by atoms with Crippen LogP contribution in [0.25, 0.3) is 11.1 Å². The second kappa shape index (κ2) is 4.76. The number of nitrogens with zero attached hydrogens (tertiary/aromatic N) is 2. The van der Waals surface area contributed by atoms with Crippen molar-refractivity contribution in [2.45, 2.75) is 52.4 Å². The summed E-state index contributed by atoms with van der Waals surface area (Å²) in [5.41, 5.74) is 5.58. The van der Waals surface area contributed by atoms with Crippen LogP contribution in [0.3, 0.4) is 0 Å². The fourth-order valence-corrected chi connectivity index (χ4v) is 2.57. The quantitative estimate of drug-likeness (QED) is 0.735. The van der Waals surface area contributed by atoms with Gasteiger partial charge in [-0.2, -0.15) is 5.10 Å². The fourth-order valence-electron chi connectivity index (χ4n) is 2.57. The summed E-state index contributed by atoms with van der Waals surface area (Å²) in [6.45, 7) is 13.7. The molecule has 2 aromatic rings. The highest BCUT2D eigenvalue weighted by Crippen LogP contribution is 2.36. The lowest BCUT2D eigenvalue weighted by molar-refractivity contribution is 0.530. The molecule has 108 valence electrons. The molecule has 0 saturated heterocycles. The zero-order chi connectivity index (χ0) is 15.1. The fraction of sp³-hybridized carbons (Fsp3) is 0.500. The van der Waals surface area contributed by atoms with Gasteiger partial charge >= 0.3 is 0 Å². The molecule has 0 aliphatic heterocycles. The molecular weight excluding hydrogens is 244 g/mol. The zero-order valence-corrected chi connectivity index (χ0v) is 13.8.